The maximum atomic E-state index is 13.5. The summed E-state index contributed by atoms with van der Waals surface area (Å²) in [4.78, 5) is 4.16. The minimum absolute atomic E-state index is 0.00931. The van der Waals surface area contributed by atoms with Crippen LogP contribution in [0, 0.1) is 18.6 Å². The van der Waals surface area contributed by atoms with Crippen molar-refractivity contribution in [2.24, 2.45) is 5.73 Å². The summed E-state index contributed by atoms with van der Waals surface area (Å²) in [6, 6.07) is 6.96. The molecule has 1 aromatic carbocycles. The molecule has 0 radical (unpaired) electrons. The van der Waals surface area contributed by atoms with Crippen molar-refractivity contribution in [3.63, 3.8) is 0 Å². The second-order valence-corrected chi connectivity index (χ2v) is 4.22. The van der Waals surface area contributed by atoms with Crippen molar-refractivity contribution >= 4 is 0 Å². The first kappa shape index (κ1) is 12.6. The van der Waals surface area contributed by atoms with Gasteiger partial charge in [0, 0.05) is 11.8 Å². The molecular formula is C14H14F2N2. The third-order valence-corrected chi connectivity index (χ3v) is 2.89. The van der Waals surface area contributed by atoms with Gasteiger partial charge in [-0.05, 0) is 37.1 Å². The lowest BCUT2D eigenvalue weighted by molar-refractivity contribution is 0.537. The molecule has 1 aromatic heterocycles. The van der Waals surface area contributed by atoms with Crippen LogP contribution in [0.3, 0.4) is 0 Å². The van der Waals surface area contributed by atoms with Crippen LogP contribution in [0.1, 0.15) is 22.9 Å². The summed E-state index contributed by atoms with van der Waals surface area (Å²) >= 11 is 0. The molecule has 4 heteroatoms. The van der Waals surface area contributed by atoms with E-state index in [-0.39, 0.29) is 12.0 Å². The Morgan fingerprint density at radius 2 is 1.83 bits per heavy atom. The van der Waals surface area contributed by atoms with E-state index in [0.29, 0.717) is 5.69 Å². The maximum absolute atomic E-state index is 13.5. The lowest BCUT2D eigenvalue weighted by Crippen LogP contribution is -2.17. The number of aromatic nitrogens is 1. The molecule has 2 rings (SSSR count). The van der Waals surface area contributed by atoms with Crippen LogP contribution in [-0.4, -0.2) is 4.98 Å². The van der Waals surface area contributed by atoms with E-state index >= 15 is 0 Å². The van der Waals surface area contributed by atoms with Crippen LogP contribution in [0.25, 0.3) is 0 Å². The Morgan fingerprint density at radius 1 is 1.17 bits per heavy atom. The normalized spacial score (nSPS) is 12.4. The van der Waals surface area contributed by atoms with Gasteiger partial charge in [-0.15, -0.1) is 0 Å². The van der Waals surface area contributed by atoms with Crippen molar-refractivity contribution < 1.29 is 8.78 Å². The van der Waals surface area contributed by atoms with Crippen LogP contribution in [0.2, 0.25) is 0 Å². The molecule has 0 spiro atoms. The average molecular weight is 248 g/mol. The minimum Gasteiger partial charge on any atom is -0.322 e. The summed E-state index contributed by atoms with van der Waals surface area (Å²) in [5, 5.41) is 0. The first-order chi connectivity index (χ1) is 8.59. The summed E-state index contributed by atoms with van der Waals surface area (Å²) in [5.41, 5.74) is 7.56. The molecule has 1 atom stereocenters. The molecule has 94 valence electrons. The van der Waals surface area contributed by atoms with E-state index in [0.717, 1.165) is 5.56 Å². The lowest BCUT2D eigenvalue weighted by atomic mass is 10.00. The van der Waals surface area contributed by atoms with Crippen molar-refractivity contribution in [1.82, 2.24) is 4.98 Å². The fourth-order valence-electron chi connectivity index (χ4n) is 1.93. The highest BCUT2D eigenvalue weighted by atomic mass is 19.1. The number of benzene rings is 1. The Labute approximate surface area is 104 Å². The van der Waals surface area contributed by atoms with Gasteiger partial charge in [-0.1, -0.05) is 12.1 Å². The molecule has 0 fully saturated rings. The standard InChI is InChI=1S/C14H14F2N2/c1-9-4-3-7-18-14(9)13(17)8-10-11(15)5-2-6-12(10)16/h2-7,13H,8,17H2,1H3. The van der Waals surface area contributed by atoms with Crippen LogP contribution >= 0.6 is 0 Å². The third kappa shape index (κ3) is 2.54. The summed E-state index contributed by atoms with van der Waals surface area (Å²) in [6.07, 6.45) is 1.72. The summed E-state index contributed by atoms with van der Waals surface area (Å²) in [6.45, 7) is 1.87. The Morgan fingerprint density at radius 3 is 2.44 bits per heavy atom. The zero-order valence-corrected chi connectivity index (χ0v) is 10.0. The molecule has 0 bridgehead atoms. The fourth-order valence-corrected chi connectivity index (χ4v) is 1.93. The SMILES string of the molecule is Cc1cccnc1C(N)Cc1c(F)cccc1F. The molecule has 2 N–H and O–H groups in total. The van der Waals surface area contributed by atoms with Gasteiger partial charge < -0.3 is 5.73 Å². The van der Waals surface area contributed by atoms with Gasteiger partial charge in [-0.25, -0.2) is 8.78 Å². The number of pyridine rings is 1. The smallest absolute Gasteiger partial charge is 0.129 e. The van der Waals surface area contributed by atoms with Gasteiger partial charge in [0.05, 0.1) is 11.7 Å². The van der Waals surface area contributed by atoms with Gasteiger partial charge in [-0.3, -0.25) is 4.98 Å². The van der Waals surface area contributed by atoms with Crippen LogP contribution in [-0.2, 0) is 6.42 Å². The molecule has 18 heavy (non-hydrogen) atoms. The first-order valence-corrected chi connectivity index (χ1v) is 5.69. The van der Waals surface area contributed by atoms with Crippen molar-refractivity contribution in [2.75, 3.05) is 0 Å². The highest BCUT2D eigenvalue weighted by Crippen LogP contribution is 2.21. The molecule has 0 saturated carbocycles. The Kier molecular flexibility index (Phi) is 3.67. The second-order valence-electron chi connectivity index (χ2n) is 4.22. The molecule has 0 aliphatic carbocycles. The molecule has 2 nitrogen and oxygen atoms in total. The molecule has 0 amide bonds. The zero-order valence-electron chi connectivity index (χ0n) is 10.0. The van der Waals surface area contributed by atoms with Crippen LogP contribution in [0.5, 0.6) is 0 Å². The molecule has 0 aliphatic heterocycles. The van der Waals surface area contributed by atoms with E-state index in [9.17, 15) is 8.78 Å². The quantitative estimate of drug-likeness (QED) is 0.907. The number of nitrogens with zero attached hydrogens (tertiary/aromatic N) is 1. The second kappa shape index (κ2) is 5.23. The molecule has 0 aliphatic rings. The Hall–Kier alpha value is -1.81. The molecule has 2 aromatic rings. The number of hydrogen-bond acceptors (Lipinski definition) is 2. The van der Waals surface area contributed by atoms with Crippen LogP contribution in [0.4, 0.5) is 8.78 Å². The highest BCUT2D eigenvalue weighted by molar-refractivity contribution is 5.26. The summed E-state index contributed by atoms with van der Waals surface area (Å²) < 4.78 is 27.0. The largest absolute Gasteiger partial charge is 0.322 e. The topological polar surface area (TPSA) is 38.9 Å². The molecule has 1 heterocycles. The average Bonchev–Trinajstić information content (AvgIpc) is 2.34. The van der Waals surface area contributed by atoms with Gasteiger partial charge >= 0.3 is 0 Å². The van der Waals surface area contributed by atoms with Crippen LogP contribution in [0.15, 0.2) is 36.5 Å². The maximum Gasteiger partial charge on any atom is 0.129 e. The zero-order chi connectivity index (χ0) is 13.1. The third-order valence-electron chi connectivity index (χ3n) is 2.89. The number of rotatable bonds is 3. The number of aryl methyl sites for hydroxylation is 1. The monoisotopic (exact) mass is 248 g/mol. The number of halogens is 2. The summed E-state index contributed by atoms with van der Waals surface area (Å²) in [7, 11) is 0. The number of hydrogen-bond donors (Lipinski definition) is 1. The van der Waals surface area contributed by atoms with E-state index in [2.05, 4.69) is 4.98 Å². The number of nitrogens with two attached hydrogens (primary N) is 1. The first-order valence-electron chi connectivity index (χ1n) is 5.69. The molecule has 0 saturated heterocycles. The minimum atomic E-state index is -0.570. The molecular weight excluding hydrogens is 234 g/mol. The van der Waals surface area contributed by atoms with Gasteiger partial charge in [0.1, 0.15) is 11.6 Å². The lowest BCUT2D eigenvalue weighted by Gasteiger charge is -2.14. The van der Waals surface area contributed by atoms with E-state index in [1.165, 1.54) is 18.2 Å². The van der Waals surface area contributed by atoms with Crippen molar-refractivity contribution in [1.29, 1.82) is 0 Å². The summed E-state index contributed by atoms with van der Waals surface area (Å²) in [5.74, 6) is -1.14. The molecule has 1 unspecified atom stereocenters. The van der Waals surface area contributed by atoms with Crippen molar-refractivity contribution in [3.05, 3.63) is 65.0 Å². The van der Waals surface area contributed by atoms with Gasteiger partial charge in [0.25, 0.3) is 0 Å². The fraction of sp³-hybridized carbons (Fsp3) is 0.214. The van der Waals surface area contributed by atoms with E-state index in [4.69, 9.17) is 5.73 Å². The van der Waals surface area contributed by atoms with E-state index in [1.54, 1.807) is 12.3 Å². The highest BCUT2D eigenvalue weighted by Gasteiger charge is 2.16. The van der Waals surface area contributed by atoms with Crippen molar-refractivity contribution in [3.8, 4) is 0 Å². The van der Waals surface area contributed by atoms with E-state index in [1.807, 2.05) is 13.0 Å². The van der Waals surface area contributed by atoms with Gasteiger partial charge in [0.2, 0.25) is 0 Å². The van der Waals surface area contributed by atoms with Crippen LogP contribution < -0.4 is 5.73 Å². The van der Waals surface area contributed by atoms with Crippen molar-refractivity contribution in [2.45, 2.75) is 19.4 Å². The Balaban J connectivity index is 2.27. The Bertz CT molecular complexity index is 535. The van der Waals surface area contributed by atoms with Gasteiger partial charge in [-0.2, -0.15) is 0 Å². The predicted molar refractivity (Wildman–Crippen MR) is 66.0 cm³/mol. The predicted octanol–water partition coefficient (Wildman–Crippen LogP) is 2.91. The van der Waals surface area contributed by atoms with Gasteiger partial charge in [0.15, 0.2) is 0 Å². The van der Waals surface area contributed by atoms with E-state index < -0.39 is 17.7 Å².